The third-order valence-corrected chi connectivity index (χ3v) is 5.29. The number of carboxylic acid groups (broad SMARTS) is 1. The van der Waals surface area contributed by atoms with Crippen molar-refractivity contribution in [1.29, 1.82) is 0 Å². The number of hydrazone groups is 1. The van der Waals surface area contributed by atoms with E-state index in [1.165, 1.54) is 35.2 Å². The van der Waals surface area contributed by atoms with Crippen LogP contribution in [0.2, 0.25) is 0 Å². The summed E-state index contributed by atoms with van der Waals surface area (Å²) < 4.78 is 13.4. The van der Waals surface area contributed by atoms with Crippen molar-refractivity contribution < 1.29 is 14.3 Å². The number of hydrogen-bond acceptors (Lipinski definition) is 5. The fourth-order valence-electron chi connectivity index (χ4n) is 2.88. The van der Waals surface area contributed by atoms with Crippen molar-refractivity contribution in [1.82, 2.24) is 4.98 Å². The molecule has 0 atom stereocenters. The minimum Gasteiger partial charge on any atom is -0.478 e. The average Bonchev–Trinajstić information content (AvgIpc) is 3.39. The second-order valence-electron chi connectivity index (χ2n) is 6.74. The first-order valence-electron chi connectivity index (χ1n) is 8.90. The predicted molar refractivity (Wildman–Crippen MR) is 109 cm³/mol. The molecular formula is C21H18FN3O2S. The number of nitrogens with zero attached hydrogens (tertiary/aromatic N) is 3. The second kappa shape index (κ2) is 7.52. The minimum atomic E-state index is -1.19. The van der Waals surface area contributed by atoms with E-state index in [2.05, 4.69) is 11.2 Å². The van der Waals surface area contributed by atoms with Gasteiger partial charge in [0.05, 0.1) is 23.5 Å². The van der Waals surface area contributed by atoms with Gasteiger partial charge in [0.15, 0.2) is 0 Å². The first-order chi connectivity index (χ1) is 13.5. The van der Waals surface area contributed by atoms with E-state index in [4.69, 9.17) is 4.98 Å². The maximum Gasteiger partial charge on any atom is 0.336 e. The van der Waals surface area contributed by atoms with Crippen molar-refractivity contribution >= 4 is 28.7 Å². The van der Waals surface area contributed by atoms with Gasteiger partial charge < -0.3 is 5.11 Å². The molecule has 4 rings (SSSR count). The molecule has 0 amide bonds. The summed E-state index contributed by atoms with van der Waals surface area (Å²) in [6.07, 6.45) is 3.48. The average molecular weight is 395 g/mol. The summed E-state index contributed by atoms with van der Waals surface area (Å²) in [6.45, 7) is 2.04. The zero-order chi connectivity index (χ0) is 19.7. The van der Waals surface area contributed by atoms with E-state index in [0.717, 1.165) is 35.3 Å². The quantitative estimate of drug-likeness (QED) is 0.473. The van der Waals surface area contributed by atoms with Gasteiger partial charge in [0, 0.05) is 16.5 Å². The van der Waals surface area contributed by atoms with Crippen LogP contribution in [0, 0.1) is 12.7 Å². The number of halogens is 1. The van der Waals surface area contributed by atoms with Crippen LogP contribution in [0.5, 0.6) is 0 Å². The Labute approximate surface area is 165 Å². The van der Waals surface area contributed by atoms with E-state index in [-0.39, 0.29) is 11.6 Å². The molecule has 0 unspecified atom stereocenters. The number of thiazole rings is 1. The summed E-state index contributed by atoms with van der Waals surface area (Å²) in [6, 6.07) is 12.1. The van der Waals surface area contributed by atoms with Crippen molar-refractivity contribution in [2.24, 2.45) is 5.10 Å². The lowest BCUT2D eigenvalue weighted by Gasteiger charge is -2.14. The smallest absolute Gasteiger partial charge is 0.336 e. The Morgan fingerprint density at radius 2 is 2.14 bits per heavy atom. The second-order valence-corrected chi connectivity index (χ2v) is 7.58. The highest BCUT2D eigenvalue weighted by molar-refractivity contribution is 7.14. The summed E-state index contributed by atoms with van der Waals surface area (Å²) in [4.78, 5) is 16.1. The zero-order valence-corrected chi connectivity index (χ0v) is 16.0. The molecule has 0 saturated heterocycles. The monoisotopic (exact) mass is 395 g/mol. The van der Waals surface area contributed by atoms with Crippen molar-refractivity contribution in [3.63, 3.8) is 0 Å². The van der Waals surface area contributed by atoms with Gasteiger partial charge in [-0.1, -0.05) is 23.8 Å². The van der Waals surface area contributed by atoms with Gasteiger partial charge >= 0.3 is 5.97 Å². The topological polar surface area (TPSA) is 65.8 Å². The summed E-state index contributed by atoms with van der Waals surface area (Å²) >= 11 is 1.50. The van der Waals surface area contributed by atoms with Crippen LogP contribution in [0.1, 0.15) is 34.3 Å². The molecule has 142 valence electrons. The molecule has 1 N–H and O–H groups in total. The van der Waals surface area contributed by atoms with Crippen LogP contribution < -0.4 is 5.01 Å². The summed E-state index contributed by atoms with van der Waals surface area (Å²) in [5, 5.41) is 18.4. The van der Waals surface area contributed by atoms with Crippen LogP contribution >= 0.6 is 11.3 Å². The van der Waals surface area contributed by atoms with E-state index in [9.17, 15) is 14.3 Å². The van der Waals surface area contributed by atoms with E-state index >= 15 is 0 Å². The van der Waals surface area contributed by atoms with Gasteiger partial charge in [-0.3, -0.25) is 0 Å². The molecule has 0 bridgehead atoms. The van der Waals surface area contributed by atoms with Gasteiger partial charge in [-0.25, -0.2) is 19.2 Å². The highest BCUT2D eigenvalue weighted by atomic mass is 32.1. The first kappa shape index (κ1) is 18.3. The number of aromatic nitrogens is 1. The number of aryl methyl sites for hydroxylation is 1. The van der Waals surface area contributed by atoms with Gasteiger partial charge in [-0.15, -0.1) is 11.3 Å². The van der Waals surface area contributed by atoms with Crippen molar-refractivity contribution in [2.75, 3.05) is 5.01 Å². The molecule has 3 aromatic rings. The first-order valence-corrected chi connectivity index (χ1v) is 9.78. The molecule has 0 aliphatic heterocycles. The standard InChI is InChI=1S/C21H18FN3O2S/c1-13-3-2-4-14(9-13)19-12-28-21(24-19)25(17-7-8-17)23-11-15-5-6-16(22)10-18(15)20(26)27/h2-6,9-12,17H,7-8H2,1H3,(H,26,27)/b23-11+. The number of aromatic carboxylic acids is 1. The van der Waals surface area contributed by atoms with Crippen molar-refractivity contribution in [2.45, 2.75) is 25.8 Å². The SMILES string of the molecule is Cc1cccc(-c2csc(N(/N=C/c3ccc(F)cc3C(=O)O)C3CC3)n2)c1. The van der Waals surface area contributed by atoms with Gasteiger partial charge in [0.1, 0.15) is 5.82 Å². The molecule has 1 saturated carbocycles. The van der Waals surface area contributed by atoms with Gasteiger partial charge in [-0.2, -0.15) is 5.10 Å². The number of carboxylic acids is 1. The molecule has 7 heteroatoms. The lowest BCUT2D eigenvalue weighted by Crippen LogP contribution is -2.19. The van der Waals surface area contributed by atoms with E-state index in [1.807, 2.05) is 35.5 Å². The number of benzene rings is 2. The molecule has 2 aromatic carbocycles. The summed E-state index contributed by atoms with van der Waals surface area (Å²) in [5.41, 5.74) is 3.35. The molecule has 1 aromatic heterocycles. The number of anilines is 1. The summed E-state index contributed by atoms with van der Waals surface area (Å²) in [7, 11) is 0. The fraction of sp³-hybridized carbons (Fsp3) is 0.190. The summed E-state index contributed by atoms with van der Waals surface area (Å²) in [5.74, 6) is -1.77. The van der Waals surface area contributed by atoms with Crippen LogP contribution in [0.3, 0.4) is 0 Å². The normalized spacial score (nSPS) is 13.8. The Morgan fingerprint density at radius 1 is 1.32 bits per heavy atom. The van der Waals surface area contributed by atoms with Crippen LogP contribution in [-0.4, -0.2) is 28.3 Å². The molecule has 0 spiro atoms. The Bertz CT molecular complexity index is 1060. The largest absolute Gasteiger partial charge is 0.478 e. The molecule has 1 heterocycles. The fourth-order valence-corrected chi connectivity index (χ4v) is 3.74. The van der Waals surface area contributed by atoms with Crippen LogP contribution in [0.4, 0.5) is 9.52 Å². The van der Waals surface area contributed by atoms with E-state index in [0.29, 0.717) is 5.56 Å². The Balaban J connectivity index is 1.63. The third kappa shape index (κ3) is 3.94. The van der Waals surface area contributed by atoms with Gasteiger partial charge in [-0.05, 0) is 44.0 Å². The Kier molecular flexibility index (Phi) is 4.92. The van der Waals surface area contributed by atoms with Crippen LogP contribution in [0.15, 0.2) is 52.9 Å². The zero-order valence-electron chi connectivity index (χ0n) is 15.2. The molecule has 1 fully saturated rings. The molecule has 5 nitrogen and oxygen atoms in total. The Hall–Kier alpha value is -3.06. The highest BCUT2D eigenvalue weighted by Gasteiger charge is 2.31. The number of hydrogen-bond donors (Lipinski definition) is 1. The number of carbonyl (C=O) groups is 1. The van der Waals surface area contributed by atoms with Crippen LogP contribution in [0.25, 0.3) is 11.3 Å². The molecular weight excluding hydrogens is 377 g/mol. The molecule has 28 heavy (non-hydrogen) atoms. The maximum atomic E-state index is 13.4. The molecule has 1 aliphatic carbocycles. The van der Waals surface area contributed by atoms with Crippen LogP contribution in [-0.2, 0) is 0 Å². The van der Waals surface area contributed by atoms with Gasteiger partial charge in [0.2, 0.25) is 5.13 Å². The minimum absolute atomic E-state index is 0.112. The lowest BCUT2D eigenvalue weighted by atomic mass is 10.1. The van der Waals surface area contributed by atoms with E-state index in [1.54, 1.807) is 0 Å². The highest BCUT2D eigenvalue weighted by Crippen LogP contribution is 2.35. The molecule has 0 radical (unpaired) electrons. The predicted octanol–water partition coefficient (Wildman–Crippen LogP) is 4.96. The lowest BCUT2D eigenvalue weighted by molar-refractivity contribution is 0.0696. The third-order valence-electron chi connectivity index (χ3n) is 4.46. The Morgan fingerprint density at radius 3 is 2.86 bits per heavy atom. The number of rotatable bonds is 6. The van der Waals surface area contributed by atoms with Crippen molar-refractivity contribution in [3.8, 4) is 11.3 Å². The van der Waals surface area contributed by atoms with Crippen molar-refractivity contribution in [3.05, 3.63) is 70.4 Å². The maximum absolute atomic E-state index is 13.4. The van der Waals surface area contributed by atoms with E-state index < -0.39 is 11.8 Å². The molecule has 1 aliphatic rings. The van der Waals surface area contributed by atoms with Gasteiger partial charge in [0.25, 0.3) is 0 Å².